The number of fused-ring (bicyclic) bond motifs is 1. The van der Waals surface area contributed by atoms with Crippen molar-refractivity contribution in [2.75, 3.05) is 6.61 Å². The Morgan fingerprint density at radius 1 is 1.00 bits per heavy atom. The average Bonchev–Trinajstić information content (AvgIpc) is 2.50. The van der Waals surface area contributed by atoms with Gasteiger partial charge in [0.2, 0.25) is 5.79 Å². The Morgan fingerprint density at radius 3 is 2.27 bits per heavy atom. The van der Waals surface area contributed by atoms with E-state index in [0.717, 1.165) is 16.7 Å². The Labute approximate surface area is 132 Å². The van der Waals surface area contributed by atoms with Gasteiger partial charge in [-0.25, -0.2) is 0 Å². The zero-order valence-corrected chi connectivity index (χ0v) is 14.0. The molecule has 2 nitrogen and oxygen atoms in total. The van der Waals surface area contributed by atoms with Crippen molar-refractivity contribution < 1.29 is 9.84 Å². The second-order valence-electron chi connectivity index (χ2n) is 7.05. The third-order valence-corrected chi connectivity index (χ3v) is 5.03. The molecule has 1 aliphatic rings. The predicted octanol–water partition coefficient (Wildman–Crippen LogP) is 4.11. The highest BCUT2D eigenvalue weighted by Crippen LogP contribution is 2.46. The number of aliphatic hydroxyl groups is 1. The fraction of sp³-hybridized carbons (Fsp3) is 0.400. The summed E-state index contributed by atoms with van der Waals surface area (Å²) in [4.78, 5) is 0. The Balaban J connectivity index is 2.34. The summed E-state index contributed by atoms with van der Waals surface area (Å²) in [6.07, 6.45) is 0. The van der Waals surface area contributed by atoms with Crippen LogP contribution in [0.3, 0.4) is 0 Å². The summed E-state index contributed by atoms with van der Waals surface area (Å²) in [5, 5.41) is 11.4. The summed E-state index contributed by atoms with van der Waals surface area (Å²) in [5.74, 6) is -1.37. The number of hydrogen-bond donors (Lipinski definition) is 1. The molecule has 0 amide bonds. The Kier molecular flexibility index (Phi) is 3.42. The lowest BCUT2D eigenvalue weighted by atomic mass is 9.73. The van der Waals surface area contributed by atoms with E-state index in [2.05, 4.69) is 40.7 Å². The summed E-state index contributed by atoms with van der Waals surface area (Å²) in [7, 11) is 0. The molecule has 0 aliphatic carbocycles. The minimum Gasteiger partial charge on any atom is -0.358 e. The third-order valence-electron chi connectivity index (χ3n) is 5.03. The SMILES string of the molecule is Cc1cc2c(c(C)c1C)C(O)(c1ccccc1)OCC2(C)C. The van der Waals surface area contributed by atoms with Crippen molar-refractivity contribution in [1.29, 1.82) is 0 Å². The maximum absolute atomic E-state index is 11.4. The van der Waals surface area contributed by atoms with Gasteiger partial charge in [0.25, 0.3) is 0 Å². The van der Waals surface area contributed by atoms with E-state index in [1.54, 1.807) is 0 Å². The van der Waals surface area contributed by atoms with Crippen LogP contribution in [-0.4, -0.2) is 11.7 Å². The lowest BCUT2D eigenvalue weighted by Gasteiger charge is -2.44. The van der Waals surface area contributed by atoms with Gasteiger partial charge in [-0.05, 0) is 43.0 Å². The van der Waals surface area contributed by atoms with Crippen molar-refractivity contribution in [1.82, 2.24) is 0 Å². The maximum Gasteiger partial charge on any atom is 0.220 e. The van der Waals surface area contributed by atoms with Crippen LogP contribution in [-0.2, 0) is 15.9 Å². The van der Waals surface area contributed by atoms with Gasteiger partial charge < -0.3 is 9.84 Å². The third kappa shape index (κ3) is 2.10. The molecular formula is C20H24O2. The van der Waals surface area contributed by atoms with Gasteiger partial charge in [0, 0.05) is 16.5 Å². The van der Waals surface area contributed by atoms with Gasteiger partial charge in [-0.2, -0.15) is 0 Å². The smallest absolute Gasteiger partial charge is 0.220 e. The molecule has 2 aromatic rings. The molecule has 2 heteroatoms. The van der Waals surface area contributed by atoms with Crippen LogP contribution in [0.2, 0.25) is 0 Å². The molecule has 0 saturated carbocycles. The first-order chi connectivity index (χ1) is 10.3. The molecule has 1 N–H and O–H groups in total. The van der Waals surface area contributed by atoms with Crippen LogP contribution in [0.4, 0.5) is 0 Å². The highest BCUT2D eigenvalue weighted by Gasteiger charge is 2.45. The van der Waals surface area contributed by atoms with Crippen LogP contribution < -0.4 is 0 Å². The fourth-order valence-electron chi connectivity index (χ4n) is 3.38. The first kappa shape index (κ1) is 15.3. The van der Waals surface area contributed by atoms with Gasteiger partial charge in [0.1, 0.15) is 0 Å². The van der Waals surface area contributed by atoms with Crippen molar-refractivity contribution in [2.24, 2.45) is 0 Å². The molecule has 0 fully saturated rings. The average molecular weight is 296 g/mol. The monoisotopic (exact) mass is 296 g/mol. The molecule has 116 valence electrons. The molecule has 1 aliphatic heterocycles. The fourth-order valence-corrected chi connectivity index (χ4v) is 3.38. The van der Waals surface area contributed by atoms with E-state index >= 15 is 0 Å². The molecule has 0 radical (unpaired) electrons. The number of rotatable bonds is 1. The van der Waals surface area contributed by atoms with Crippen LogP contribution in [0.5, 0.6) is 0 Å². The van der Waals surface area contributed by atoms with E-state index in [1.165, 1.54) is 16.7 Å². The van der Waals surface area contributed by atoms with Crippen LogP contribution >= 0.6 is 0 Å². The van der Waals surface area contributed by atoms with E-state index in [1.807, 2.05) is 30.3 Å². The van der Waals surface area contributed by atoms with E-state index in [-0.39, 0.29) is 5.41 Å². The summed E-state index contributed by atoms with van der Waals surface area (Å²) < 4.78 is 6.02. The van der Waals surface area contributed by atoms with Gasteiger partial charge in [-0.15, -0.1) is 0 Å². The zero-order valence-electron chi connectivity index (χ0n) is 14.0. The van der Waals surface area contributed by atoms with Gasteiger partial charge in [0.15, 0.2) is 0 Å². The second kappa shape index (κ2) is 4.94. The molecule has 2 aromatic carbocycles. The minimum atomic E-state index is -1.37. The standard InChI is InChI=1S/C20H24O2/c1-13-11-17-18(15(3)14(13)2)20(21,22-12-19(17,4)5)16-9-7-6-8-10-16/h6-11,21H,12H2,1-5H3. The molecule has 0 aromatic heterocycles. The maximum atomic E-state index is 11.4. The molecule has 1 heterocycles. The van der Waals surface area contributed by atoms with Crippen LogP contribution in [0, 0.1) is 20.8 Å². The van der Waals surface area contributed by atoms with E-state index in [9.17, 15) is 5.11 Å². The first-order valence-corrected chi connectivity index (χ1v) is 7.81. The second-order valence-corrected chi connectivity index (χ2v) is 7.05. The molecular weight excluding hydrogens is 272 g/mol. The molecule has 0 saturated heterocycles. The molecule has 3 rings (SSSR count). The van der Waals surface area contributed by atoms with Gasteiger partial charge in [0.05, 0.1) is 6.61 Å². The predicted molar refractivity (Wildman–Crippen MR) is 89.1 cm³/mol. The van der Waals surface area contributed by atoms with Crippen molar-refractivity contribution in [2.45, 2.75) is 45.8 Å². The van der Waals surface area contributed by atoms with Crippen molar-refractivity contribution >= 4 is 0 Å². The number of ether oxygens (including phenoxy) is 1. The van der Waals surface area contributed by atoms with Crippen molar-refractivity contribution in [3.63, 3.8) is 0 Å². The van der Waals surface area contributed by atoms with E-state index in [0.29, 0.717) is 6.61 Å². The van der Waals surface area contributed by atoms with Gasteiger partial charge >= 0.3 is 0 Å². The summed E-state index contributed by atoms with van der Waals surface area (Å²) in [6, 6.07) is 11.9. The highest BCUT2D eigenvalue weighted by atomic mass is 16.6. The van der Waals surface area contributed by atoms with Crippen LogP contribution in [0.25, 0.3) is 0 Å². The minimum absolute atomic E-state index is 0.112. The quantitative estimate of drug-likeness (QED) is 0.858. The topological polar surface area (TPSA) is 29.5 Å². The molecule has 0 spiro atoms. The van der Waals surface area contributed by atoms with Crippen molar-refractivity contribution in [3.05, 3.63) is 69.8 Å². The lowest BCUT2D eigenvalue weighted by molar-refractivity contribution is -0.200. The Morgan fingerprint density at radius 2 is 1.64 bits per heavy atom. The number of aryl methyl sites for hydroxylation is 1. The first-order valence-electron chi connectivity index (χ1n) is 7.81. The number of hydrogen-bond acceptors (Lipinski definition) is 2. The molecule has 1 unspecified atom stereocenters. The van der Waals surface area contributed by atoms with Crippen LogP contribution in [0.1, 0.15) is 47.2 Å². The summed E-state index contributed by atoms with van der Waals surface area (Å²) >= 11 is 0. The highest BCUT2D eigenvalue weighted by molar-refractivity contribution is 5.53. The Hall–Kier alpha value is -1.64. The van der Waals surface area contributed by atoms with E-state index in [4.69, 9.17) is 4.74 Å². The lowest BCUT2D eigenvalue weighted by Crippen LogP contribution is -2.44. The molecule has 22 heavy (non-hydrogen) atoms. The largest absolute Gasteiger partial charge is 0.358 e. The van der Waals surface area contributed by atoms with Gasteiger partial charge in [-0.3, -0.25) is 0 Å². The molecule has 1 atom stereocenters. The Bertz CT molecular complexity index is 716. The van der Waals surface area contributed by atoms with Crippen molar-refractivity contribution in [3.8, 4) is 0 Å². The normalized spacial score (nSPS) is 23.2. The molecule has 0 bridgehead atoms. The zero-order chi connectivity index (χ0) is 16.1. The van der Waals surface area contributed by atoms with Gasteiger partial charge in [-0.1, -0.05) is 50.2 Å². The van der Waals surface area contributed by atoms with Crippen LogP contribution in [0.15, 0.2) is 36.4 Å². The number of benzene rings is 2. The van der Waals surface area contributed by atoms with E-state index < -0.39 is 5.79 Å². The summed E-state index contributed by atoms with van der Waals surface area (Å²) in [5.41, 5.74) is 6.38. The summed E-state index contributed by atoms with van der Waals surface area (Å²) in [6.45, 7) is 11.2.